The third-order valence-electron chi connectivity index (χ3n) is 3.55. The highest BCUT2D eigenvalue weighted by molar-refractivity contribution is 5.26. The molecule has 1 rings (SSSR count). The van der Waals surface area contributed by atoms with E-state index in [1.165, 1.54) is 17.0 Å². The quantitative estimate of drug-likeness (QED) is 0.797. The van der Waals surface area contributed by atoms with Gasteiger partial charge in [-0.3, -0.25) is 0 Å². The van der Waals surface area contributed by atoms with Crippen LogP contribution in [0.5, 0.6) is 0 Å². The SMILES string of the molecule is CCn1c(C)cc(CNC(CO)C(C)C)c1C. The van der Waals surface area contributed by atoms with E-state index in [0.717, 1.165) is 13.1 Å². The monoisotopic (exact) mass is 238 g/mol. The summed E-state index contributed by atoms with van der Waals surface area (Å²) in [7, 11) is 0. The summed E-state index contributed by atoms with van der Waals surface area (Å²) in [4.78, 5) is 0. The maximum atomic E-state index is 9.28. The first-order chi connectivity index (χ1) is 8.01. The average Bonchev–Trinajstić information content (AvgIpc) is 2.54. The van der Waals surface area contributed by atoms with Crippen molar-refractivity contribution in [3.05, 3.63) is 23.0 Å². The standard InChI is InChI=1S/C14H26N2O/c1-6-16-11(4)7-13(12(16)5)8-15-14(9-17)10(2)3/h7,10,14-15,17H,6,8-9H2,1-5H3. The second-order valence-electron chi connectivity index (χ2n) is 5.05. The first kappa shape index (κ1) is 14.3. The summed E-state index contributed by atoms with van der Waals surface area (Å²) in [6, 6.07) is 2.42. The molecule has 1 aromatic rings. The van der Waals surface area contributed by atoms with Gasteiger partial charge in [-0.1, -0.05) is 13.8 Å². The molecule has 0 aliphatic heterocycles. The zero-order chi connectivity index (χ0) is 13.0. The predicted molar refractivity (Wildman–Crippen MR) is 72.1 cm³/mol. The Bertz CT molecular complexity index is 355. The lowest BCUT2D eigenvalue weighted by Crippen LogP contribution is -2.36. The van der Waals surface area contributed by atoms with Gasteiger partial charge in [0, 0.05) is 30.5 Å². The fourth-order valence-electron chi connectivity index (χ4n) is 2.29. The highest BCUT2D eigenvalue weighted by Crippen LogP contribution is 2.15. The minimum absolute atomic E-state index is 0.180. The van der Waals surface area contributed by atoms with E-state index >= 15 is 0 Å². The number of hydrogen-bond acceptors (Lipinski definition) is 2. The molecule has 0 saturated carbocycles. The Morgan fingerprint density at radius 1 is 1.35 bits per heavy atom. The van der Waals surface area contributed by atoms with Crippen LogP contribution in [0.15, 0.2) is 6.07 Å². The number of nitrogens with zero attached hydrogens (tertiary/aromatic N) is 1. The molecular weight excluding hydrogens is 212 g/mol. The van der Waals surface area contributed by atoms with Crippen molar-refractivity contribution < 1.29 is 5.11 Å². The number of hydrogen-bond donors (Lipinski definition) is 2. The molecule has 0 spiro atoms. The summed E-state index contributed by atoms with van der Waals surface area (Å²) >= 11 is 0. The predicted octanol–water partition coefficient (Wildman–Crippen LogP) is 2.23. The van der Waals surface area contributed by atoms with Crippen molar-refractivity contribution in [3.8, 4) is 0 Å². The number of rotatable bonds is 6. The fourth-order valence-corrected chi connectivity index (χ4v) is 2.29. The van der Waals surface area contributed by atoms with E-state index < -0.39 is 0 Å². The summed E-state index contributed by atoms with van der Waals surface area (Å²) in [5, 5.41) is 12.7. The third-order valence-corrected chi connectivity index (χ3v) is 3.55. The van der Waals surface area contributed by atoms with Gasteiger partial charge in [0.25, 0.3) is 0 Å². The number of aliphatic hydroxyl groups is 1. The van der Waals surface area contributed by atoms with Crippen molar-refractivity contribution >= 4 is 0 Å². The van der Waals surface area contributed by atoms with Crippen molar-refractivity contribution in [1.29, 1.82) is 0 Å². The Kier molecular flexibility index (Phi) is 5.22. The van der Waals surface area contributed by atoms with Crippen LogP contribution >= 0.6 is 0 Å². The molecule has 0 bridgehead atoms. The molecule has 3 heteroatoms. The maximum Gasteiger partial charge on any atom is 0.0587 e. The third kappa shape index (κ3) is 3.33. The minimum atomic E-state index is 0.180. The zero-order valence-electron chi connectivity index (χ0n) is 11.7. The largest absolute Gasteiger partial charge is 0.395 e. The van der Waals surface area contributed by atoms with E-state index in [1.54, 1.807) is 0 Å². The molecule has 1 heterocycles. The van der Waals surface area contributed by atoms with E-state index in [-0.39, 0.29) is 12.6 Å². The second kappa shape index (κ2) is 6.22. The Hall–Kier alpha value is -0.800. The van der Waals surface area contributed by atoms with Gasteiger partial charge in [-0.05, 0) is 38.3 Å². The lowest BCUT2D eigenvalue weighted by Gasteiger charge is -2.20. The first-order valence-electron chi connectivity index (χ1n) is 6.51. The lowest BCUT2D eigenvalue weighted by atomic mass is 10.1. The summed E-state index contributed by atoms with van der Waals surface area (Å²) in [6.45, 7) is 12.8. The molecular formula is C14H26N2O. The van der Waals surface area contributed by atoms with Crippen LogP contribution in [0.3, 0.4) is 0 Å². The minimum Gasteiger partial charge on any atom is -0.395 e. The van der Waals surface area contributed by atoms with Crippen molar-refractivity contribution in [1.82, 2.24) is 9.88 Å². The number of aromatic nitrogens is 1. The topological polar surface area (TPSA) is 37.2 Å². The van der Waals surface area contributed by atoms with Gasteiger partial charge in [-0.2, -0.15) is 0 Å². The molecule has 0 saturated heterocycles. The van der Waals surface area contributed by atoms with Crippen molar-refractivity contribution in [2.75, 3.05) is 6.61 Å². The van der Waals surface area contributed by atoms with Gasteiger partial charge in [0.15, 0.2) is 0 Å². The van der Waals surface area contributed by atoms with Crippen LogP contribution in [0.2, 0.25) is 0 Å². The molecule has 0 aliphatic rings. The Morgan fingerprint density at radius 2 is 2.00 bits per heavy atom. The van der Waals surface area contributed by atoms with Gasteiger partial charge in [0.05, 0.1) is 6.61 Å². The van der Waals surface area contributed by atoms with Crippen LogP contribution in [-0.4, -0.2) is 22.3 Å². The highest BCUT2D eigenvalue weighted by Gasteiger charge is 2.13. The summed E-state index contributed by atoms with van der Waals surface area (Å²) in [6.07, 6.45) is 0. The van der Waals surface area contributed by atoms with Crippen LogP contribution in [0, 0.1) is 19.8 Å². The number of nitrogens with one attached hydrogen (secondary N) is 1. The normalized spacial score (nSPS) is 13.4. The van der Waals surface area contributed by atoms with Crippen molar-refractivity contribution in [2.24, 2.45) is 5.92 Å². The average molecular weight is 238 g/mol. The molecule has 0 aromatic carbocycles. The maximum absolute atomic E-state index is 9.28. The molecule has 0 amide bonds. The molecule has 98 valence electrons. The lowest BCUT2D eigenvalue weighted by molar-refractivity contribution is 0.210. The highest BCUT2D eigenvalue weighted by atomic mass is 16.3. The molecule has 0 aliphatic carbocycles. The van der Waals surface area contributed by atoms with Crippen LogP contribution in [0.1, 0.15) is 37.7 Å². The first-order valence-corrected chi connectivity index (χ1v) is 6.51. The van der Waals surface area contributed by atoms with E-state index in [2.05, 4.69) is 50.6 Å². The Morgan fingerprint density at radius 3 is 2.41 bits per heavy atom. The molecule has 0 radical (unpaired) electrons. The van der Waals surface area contributed by atoms with Gasteiger partial charge in [-0.25, -0.2) is 0 Å². The van der Waals surface area contributed by atoms with E-state index in [9.17, 15) is 5.11 Å². The number of aryl methyl sites for hydroxylation is 1. The van der Waals surface area contributed by atoms with Gasteiger partial charge in [0.1, 0.15) is 0 Å². The zero-order valence-corrected chi connectivity index (χ0v) is 11.7. The summed E-state index contributed by atoms with van der Waals surface area (Å²) in [5.74, 6) is 0.453. The van der Waals surface area contributed by atoms with E-state index in [0.29, 0.717) is 5.92 Å². The van der Waals surface area contributed by atoms with Crippen LogP contribution in [-0.2, 0) is 13.1 Å². The molecule has 0 fully saturated rings. The molecule has 17 heavy (non-hydrogen) atoms. The molecule has 2 N–H and O–H groups in total. The molecule has 1 atom stereocenters. The van der Waals surface area contributed by atoms with Gasteiger partial charge in [-0.15, -0.1) is 0 Å². The van der Waals surface area contributed by atoms with Gasteiger partial charge < -0.3 is 15.0 Å². The van der Waals surface area contributed by atoms with Crippen LogP contribution in [0.25, 0.3) is 0 Å². The van der Waals surface area contributed by atoms with Crippen LogP contribution in [0.4, 0.5) is 0 Å². The smallest absolute Gasteiger partial charge is 0.0587 e. The second-order valence-corrected chi connectivity index (χ2v) is 5.05. The Labute approximate surface area is 105 Å². The molecule has 3 nitrogen and oxygen atoms in total. The molecule has 1 unspecified atom stereocenters. The fraction of sp³-hybridized carbons (Fsp3) is 0.714. The Balaban J connectivity index is 2.69. The van der Waals surface area contributed by atoms with Gasteiger partial charge in [0.2, 0.25) is 0 Å². The summed E-state index contributed by atoms with van der Waals surface area (Å²) < 4.78 is 2.32. The van der Waals surface area contributed by atoms with Crippen molar-refractivity contribution in [3.63, 3.8) is 0 Å². The van der Waals surface area contributed by atoms with Gasteiger partial charge >= 0.3 is 0 Å². The van der Waals surface area contributed by atoms with Crippen molar-refractivity contribution in [2.45, 2.75) is 53.8 Å². The number of aliphatic hydroxyl groups excluding tert-OH is 1. The van der Waals surface area contributed by atoms with E-state index in [1.807, 2.05) is 0 Å². The van der Waals surface area contributed by atoms with E-state index in [4.69, 9.17) is 0 Å². The van der Waals surface area contributed by atoms with Crippen LogP contribution < -0.4 is 5.32 Å². The molecule has 1 aromatic heterocycles. The summed E-state index contributed by atoms with van der Waals surface area (Å²) in [5.41, 5.74) is 3.98.